The number of anilines is 1. The number of methoxy groups -OCH3 is 1. The summed E-state index contributed by atoms with van der Waals surface area (Å²) in [4.78, 5) is 3.44. The van der Waals surface area contributed by atoms with Crippen molar-refractivity contribution in [2.24, 2.45) is 0 Å². The number of nitrogens with one attached hydrogen (secondary N) is 1. The highest BCUT2D eigenvalue weighted by Gasteiger charge is 2.32. The van der Waals surface area contributed by atoms with E-state index in [-0.39, 0.29) is 17.7 Å². The first-order valence-corrected chi connectivity index (χ1v) is 5.28. The van der Waals surface area contributed by atoms with Crippen LogP contribution in [0.3, 0.4) is 0 Å². The molecule has 3 nitrogen and oxygen atoms in total. The van der Waals surface area contributed by atoms with E-state index >= 15 is 0 Å². The molecule has 1 aromatic rings. The Balaban J connectivity index is 2.60. The first-order valence-electron chi connectivity index (χ1n) is 4.84. The molecule has 0 saturated carbocycles. The fourth-order valence-corrected chi connectivity index (χ4v) is 1.35. The Morgan fingerprint density at radius 1 is 1.47 bits per heavy atom. The Morgan fingerprint density at radius 2 is 2.18 bits per heavy atom. The van der Waals surface area contributed by atoms with Crippen molar-refractivity contribution in [3.05, 3.63) is 23.9 Å². The highest BCUT2D eigenvalue weighted by atomic mass is 35.5. The van der Waals surface area contributed by atoms with Crippen LogP contribution in [0.1, 0.15) is 5.69 Å². The van der Waals surface area contributed by atoms with Gasteiger partial charge in [0.1, 0.15) is 11.5 Å². The van der Waals surface area contributed by atoms with Gasteiger partial charge in [-0.05, 0) is 12.1 Å². The maximum absolute atomic E-state index is 12.4. The molecule has 0 saturated heterocycles. The molecule has 0 spiro atoms. The SMILES string of the molecule is COCC(Cl)CNc1cccc(C(F)(F)F)n1. The van der Waals surface area contributed by atoms with Crippen LogP contribution in [0.5, 0.6) is 0 Å². The molecule has 0 radical (unpaired) electrons. The number of ether oxygens (including phenoxy) is 1. The fourth-order valence-electron chi connectivity index (χ4n) is 1.15. The van der Waals surface area contributed by atoms with E-state index in [0.717, 1.165) is 6.07 Å². The van der Waals surface area contributed by atoms with Crippen LogP contribution < -0.4 is 5.32 Å². The zero-order chi connectivity index (χ0) is 12.9. The maximum atomic E-state index is 12.4. The number of alkyl halides is 4. The van der Waals surface area contributed by atoms with E-state index < -0.39 is 11.9 Å². The molecule has 1 atom stereocenters. The molecular weight excluding hydrogens is 257 g/mol. The minimum atomic E-state index is -4.44. The monoisotopic (exact) mass is 268 g/mol. The Morgan fingerprint density at radius 3 is 2.76 bits per heavy atom. The van der Waals surface area contributed by atoms with Crippen molar-refractivity contribution in [2.45, 2.75) is 11.6 Å². The summed E-state index contributed by atoms with van der Waals surface area (Å²) in [6.07, 6.45) is -4.44. The summed E-state index contributed by atoms with van der Waals surface area (Å²) in [7, 11) is 1.50. The second-order valence-corrected chi connectivity index (χ2v) is 3.96. The third-order valence-electron chi connectivity index (χ3n) is 1.89. The predicted octanol–water partition coefficient (Wildman–Crippen LogP) is 2.77. The van der Waals surface area contributed by atoms with Gasteiger partial charge in [0.25, 0.3) is 0 Å². The zero-order valence-corrected chi connectivity index (χ0v) is 9.85. The van der Waals surface area contributed by atoms with Gasteiger partial charge in [0.2, 0.25) is 0 Å². The number of hydrogen-bond acceptors (Lipinski definition) is 3. The zero-order valence-electron chi connectivity index (χ0n) is 9.09. The molecule has 1 rings (SSSR count). The van der Waals surface area contributed by atoms with Gasteiger partial charge in [-0.3, -0.25) is 0 Å². The molecule has 7 heteroatoms. The van der Waals surface area contributed by atoms with E-state index in [2.05, 4.69) is 10.3 Å². The van der Waals surface area contributed by atoms with Crippen LogP contribution in [-0.4, -0.2) is 30.6 Å². The molecule has 1 heterocycles. The standard InChI is InChI=1S/C10H12ClF3N2O/c1-17-6-7(11)5-15-9-4-2-3-8(16-9)10(12,13)14/h2-4,7H,5-6H2,1H3,(H,15,16). The van der Waals surface area contributed by atoms with Crippen molar-refractivity contribution in [1.29, 1.82) is 0 Å². The van der Waals surface area contributed by atoms with E-state index in [1.807, 2.05) is 0 Å². The number of pyridine rings is 1. The Kier molecular flexibility index (Phi) is 5.02. The van der Waals surface area contributed by atoms with Gasteiger partial charge in [0, 0.05) is 13.7 Å². The van der Waals surface area contributed by atoms with Gasteiger partial charge in [-0.25, -0.2) is 4.98 Å². The first kappa shape index (κ1) is 14.1. The second-order valence-electron chi connectivity index (χ2n) is 3.34. The summed E-state index contributed by atoms with van der Waals surface area (Å²) in [6.45, 7) is 0.594. The van der Waals surface area contributed by atoms with E-state index in [1.54, 1.807) is 0 Å². The molecule has 1 N–H and O–H groups in total. The summed E-state index contributed by atoms with van der Waals surface area (Å²) in [6, 6.07) is 3.65. The van der Waals surface area contributed by atoms with Crippen molar-refractivity contribution in [3.8, 4) is 0 Å². The molecule has 0 fully saturated rings. The minimum Gasteiger partial charge on any atom is -0.383 e. The highest BCUT2D eigenvalue weighted by molar-refractivity contribution is 6.21. The number of halogens is 4. The third-order valence-corrected chi connectivity index (χ3v) is 2.17. The first-order chi connectivity index (χ1) is 7.93. The van der Waals surface area contributed by atoms with Crippen LogP contribution in [0.4, 0.5) is 19.0 Å². The molecule has 0 aliphatic carbocycles. The number of nitrogens with zero attached hydrogens (tertiary/aromatic N) is 1. The van der Waals surface area contributed by atoms with E-state index in [0.29, 0.717) is 6.61 Å². The van der Waals surface area contributed by atoms with Crippen LogP contribution in [0.25, 0.3) is 0 Å². The fraction of sp³-hybridized carbons (Fsp3) is 0.500. The van der Waals surface area contributed by atoms with Crippen molar-refractivity contribution in [3.63, 3.8) is 0 Å². The summed E-state index contributed by atoms with van der Waals surface area (Å²) in [5.74, 6) is 0.140. The van der Waals surface area contributed by atoms with Gasteiger partial charge < -0.3 is 10.1 Å². The minimum absolute atomic E-state index is 0.140. The Labute approximate surface area is 102 Å². The molecular formula is C10H12ClF3N2O. The lowest BCUT2D eigenvalue weighted by Gasteiger charge is -2.12. The maximum Gasteiger partial charge on any atom is 0.433 e. The molecule has 0 aliphatic heterocycles. The smallest absolute Gasteiger partial charge is 0.383 e. The summed E-state index contributed by atoms with van der Waals surface area (Å²) in [5, 5.41) is 2.40. The quantitative estimate of drug-likeness (QED) is 0.834. The topological polar surface area (TPSA) is 34.1 Å². The van der Waals surface area contributed by atoms with Gasteiger partial charge in [-0.1, -0.05) is 6.07 Å². The molecule has 1 unspecified atom stereocenters. The molecule has 0 aliphatic rings. The van der Waals surface area contributed by atoms with Crippen LogP contribution in [-0.2, 0) is 10.9 Å². The summed E-state index contributed by atoms with van der Waals surface area (Å²) in [5.41, 5.74) is -0.930. The lowest BCUT2D eigenvalue weighted by molar-refractivity contribution is -0.141. The van der Waals surface area contributed by atoms with Crippen molar-refractivity contribution in [1.82, 2.24) is 4.98 Å². The third kappa shape index (κ3) is 4.79. The lowest BCUT2D eigenvalue weighted by Crippen LogP contribution is -2.20. The van der Waals surface area contributed by atoms with Gasteiger partial charge >= 0.3 is 6.18 Å². The molecule has 0 amide bonds. The Hall–Kier alpha value is -1.01. The summed E-state index contributed by atoms with van der Waals surface area (Å²) < 4.78 is 41.9. The van der Waals surface area contributed by atoms with Crippen molar-refractivity contribution < 1.29 is 17.9 Å². The Bertz CT molecular complexity index is 360. The predicted molar refractivity (Wildman–Crippen MR) is 59.2 cm³/mol. The molecule has 1 aromatic heterocycles. The largest absolute Gasteiger partial charge is 0.433 e. The molecule has 0 bridgehead atoms. The van der Waals surface area contributed by atoms with Crippen LogP contribution >= 0.6 is 11.6 Å². The van der Waals surface area contributed by atoms with Gasteiger partial charge in [-0.15, -0.1) is 11.6 Å². The van der Waals surface area contributed by atoms with Crippen molar-refractivity contribution >= 4 is 17.4 Å². The summed E-state index contributed by atoms with van der Waals surface area (Å²) >= 11 is 5.82. The molecule has 96 valence electrons. The van der Waals surface area contributed by atoms with E-state index in [1.165, 1.54) is 19.2 Å². The normalized spacial score (nSPS) is 13.5. The van der Waals surface area contributed by atoms with Gasteiger partial charge in [-0.2, -0.15) is 13.2 Å². The number of rotatable bonds is 5. The number of hydrogen-bond donors (Lipinski definition) is 1. The van der Waals surface area contributed by atoms with Gasteiger partial charge in [0.15, 0.2) is 0 Å². The van der Waals surface area contributed by atoms with Crippen LogP contribution in [0.2, 0.25) is 0 Å². The van der Waals surface area contributed by atoms with Crippen molar-refractivity contribution in [2.75, 3.05) is 25.6 Å². The van der Waals surface area contributed by atoms with Crippen LogP contribution in [0, 0.1) is 0 Å². The van der Waals surface area contributed by atoms with E-state index in [9.17, 15) is 13.2 Å². The second kappa shape index (κ2) is 6.07. The lowest BCUT2D eigenvalue weighted by atomic mass is 10.3. The van der Waals surface area contributed by atoms with Gasteiger partial charge in [0.05, 0.1) is 12.0 Å². The highest BCUT2D eigenvalue weighted by Crippen LogP contribution is 2.28. The van der Waals surface area contributed by atoms with Crippen LogP contribution in [0.15, 0.2) is 18.2 Å². The average molecular weight is 269 g/mol. The van der Waals surface area contributed by atoms with E-state index in [4.69, 9.17) is 16.3 Å². The molecule has 0 aromatic carbocycles. The molecule has 17 heavy (non-hydrogen) atoms. The number of aromatic nitrogens is 1. The average Bonchev–Trinajstić information content (AvgIpc) is 2.26.